The second-order valence-corrected chi connectivity index (χ2v) is 8.58. The summed E-state index contributed by atoms with van der Waals surface area (Å²) in [6.07, 6.45) is 1.27. The van der Waals surface area contributed by atoms with Crippen LogP contribution in [0.15, 0.2) is 53.9 Å². The number of carbonyl (C=O) groups is 1. The topological polar surface area (TPSA) is 45.7 Å². The van der Waals surface area contributed by atoms with Crippen LogP contribution in [0.3, 0.4) is 0 Å². The van der Waals surface area contributed by atoms with Gasteiger partial charge < -0.3 is 9.64 Å². The van der Waals surface area contributed by atoms with Gasteiger partial charge in [0, 0.05) is 43.5 Å². The number of ether oxygens (including phenoxy) is 1. The molecular formula is C24H26FN3O2S. The first-order valence-electron chi connectivity index (χ1n) is 10.4. The van der Waals surface area contributed by atoms with Crippen LogP contribution in [0.4, 0.5) is 4.39 Å². The molecule has 31 heavy (non-hydrogen) atoms. The van der Waals surface area contributed by atoms with Gasteiger partial charge in [-0.2, -0.15) is 0 Å². The van der Waals surface area contributed by atoms with Crippen molar-refractivity contribution in [3.63, 3.8) is 0 Å². The summed E-state index contributed by atoms with van der Waals surface area (Å²) in [6, 6.07) is 14.3. The second-order valence-electron chi connectivity index (χ2n) is 7.64. The Hall–Kier alpha value is -2.77. The number of piperazine rings is 1. The standard InChI is InChI=1S/C24H26FN3O2S/c1-30-21-9-2-18(3-10-21)4-11-24(29)28-14-12-27(13-15-28)16-23-26-22(17-31-23)19-5-7-20(25)8-6-19/h2-3,5-10,17H,4,11-16H2,1H3. The van der Waals surface area contributed by atoms with Gasteiger partial charge in [0.2, 0.25) is 5.91 Å². The number of aromatic nitrogens is 1. The quantitative estimate of drug-likeness (QED) is 0.553. The highest BCUT2D eigenvalue weighted by atomic mass is 32.1. The van der Waals surface area contributed by atoms with Crippen molar-refractivity contribution in [1.82, 2.24) is 14.8 Å². The number of halogens is 1. The van der Waals surface area contributed by atoms with Crippen LogP contribution in [0.5, 0.6) is 5.75 Å². The highest BCUT2D eigenvalue weighted by Gasteiger charge is 2.21. The molecule has 1 saturated heterocycles. The summed E-state index contributed by atoms with van der Waals surface area (Å²) < 4.78 is 18.3. The van der Waals surface area contributed by atoms with E-state index in [1.54, 1.807) is 30.6 Å². The number of rotatable bonds is 7. The highest BCUT2D eigenvalue weighted by Crippen LogP contribution is 2.23. The van der Waals surface area contributed by atoms with E-state index in [2.05, 4.69) is 4.90 Å². The van der Waals surface area contributed by atoms with Crippen LogP contribution in [0.1, 0.15) is 17.0 Å². The number of amides is 1. The normalized spacial score (nSPS) is 14.6. The Morgan fingerprint density at radius 3 is 2.45 bits per heavy atom. The van der Waals surface area contributed by atoms with E-state index in [1.807, 2.05) is 34.5 Å². The average Bonchev–Trinajstić information content (AvgIpc) is 3.27. The third-order valence-corrected chi connectivity index (χ3v) is 6.40. The van der Waals surface area contributed by atoms with Crippen molar-refractivity contribution in [2.75, 3.05) is 33.3 Å². The molecule has 2 heterocycles. The molecule has 0 bridgehead atoms. The predicted octanol–water partition coefficient (Wildman–Crippen LogP) is 4.23. The molecular weight excluding hydrogens is 413 g/mol. The van der Waals surface area contributed by atoms with Crippen LogP contribution in [0.25, 0.3) is 11.3 Å². The van der Waals surface area contributed by atoms with Crippen LogP contribution in [-0.2, 0) is 17.8 Å². The Morgan fingerprint density at radius 1 is 1.06 bits per heavy atom. The van der Waals surface area contributed by atoms with Crippen LogP contribution in [0, 0.1) is 5.82 Å². The Bertz CT molecular complexity index is 996. The molecule has 4 rings (SSSR count). The minimum atomic E-state index is -0.240. The van der Waals surface area contributed by atoms with E-state index in [4.69, 9.17) is 9.72 Å². The largest absolute Gasteiger partial charge is 0.497 e. The average molecular weight is 440 g/mol. The van der Waals surface area contributed by atoms with Crippen molar-refractivity contribution in [3.8, 4) is 17.0 Å². The van der Waals surface area contributed by atoms with Gasteiger partial charge in [0.1, 0.15) is 16.6 Å². The predicted molar refractivity (Wildman–Crippen MR) is 121 cm³/mol. The molecule has 0 N–H and O–H groups in total. The molecule has 1 amide bonds. The number of hydrogen-bond acceptors (Lipinski definition) is 5. The van der Waals surface area contributed by atoms with Gasteiger partial charge in [-0.25, -0.2) is 9.37 Å². The van der Waals surface area contributed by atoms with E-state index < -0.39 is 0 Å². The third-order valence-electron chi connectivity index (χ3n) is 5.56. The summed E-state index contributed by atoms with van der Waals surface area (Å²) in [5.41, 5.74) is 2.96. The number of methoxy groups -OCH3 is 1. The minimum Gasteiger partial charge on any atom is -0.497 e. The molecule has 1 aliphatic heterocycles. The van der Waals surface area contributed by atoms with Gasteiger partial charge in [0.15, 0.2) is 0 Å². The van der Waals surface area contributed by atoms with Gasteiger partial charge in [-0.15, -0.1) is 11.3 Å². The minimum absolute atomic E-state index is 0.211. The number of aryl methyl sites for hydroxylation is 1. The molecule has 7 heteroatoms. The summed E-state index contributed by atoms with van der Waals surface area (Å²) in [4.78, 5) is 21.6. The number of carbonyl (C=O) groups excluding carboxylic acids is 1. The van der Waals surface area contributed by atoms with E-state index in [1.165, 1.54) is 12.1 Å². The van der Waals surface area contributed by atoms with E-state index in [0.29, 0.717) is 6.42 Å². The van der Waals surface area contributed by atoms with Gasteiger partial charge >= 0.3 is 0 Å². The van der Waals surface area contributed by atoms with Crippen molar-refractivity contribution >= 4 is 17.2 Å². The molecule has 1 aromatic heterocycles. The molecule has 0 radical (unpaired) electrons. The summed E-state index contributed by atoms with van der Waals surface area (Å²) in [6.45, 7) is 3.97. The van der Waals surface area contributed by atoms with Crippen molar-refractivity contribution in [2.45, 2.75) is 19.4 Å². The van der Waals surface area contributed by atoms with Gasteiger partial charge in [-0.1, -0.05) is 12.1 Å². The zero-order chi connectivity index (χ0) is 21.6. The molecule has 0 atom stereocenters. The monoisotopic (exact) mass is 439 g/mol. The zero-order valence-corrected chi connectivity index (χ0v) is 18.4. The summed E-state index contributed by atoms with van der Waals surface area (Å²) in [5, 5.41) is 3.06. The van der Waals surface area contributed by atoms with E-state index in [9.17, 15) is 9.18 Å². The molecule has 0 unspecified atom stereocenters. The summed E-state index contributed by atoms with van der Waals surface area (Å²) in [7, 11) is 1.65. The Morgan fingerprint density at radius 2 is 1.77 bits per heavy atom. The van der Waals surface area contributed by atoms with Crippen molar-refractivity contribution in [1.29, 1.82) is 0 Å². The number of hydrogen-bond donors (Lipinski definition) is 0. The lowest BCUT2D eigenvalue weighted by atomic mass is 10.1. The number of benzene rings is 2. The first kappa shape index (κ1) is 21.5. The maximum atomic E-state index is 13.1. The molecule has 2 aromatic carbocycles. The Balaban J connectivity index is 1.23. The van der Waals surface area contributed by atoms with E-state index in [0.717, 1.165) is 66.7 Å². The lowest BCUT2D eigenvalue weighted by Gasteiger charge is -2.34. The van der Waals surface area contributed by atoms with Crippen molar-refractivity contribution in [2.24, 2.45) is 0 Å². The van der Waals surface area contributed by atoms with Crippen LogP contribution >= 0.6 is 11.3 Å². The number of thiazole rings is 1. The lowest BCUT2D eigenvalue weighted by molar-refractivity contribution is -0.133. The van der Waals surface area contributed by atoms with Gasteiger partial charge in [0.05, 0.1) is 19.3 Å². The molecule has 162 valence electrons. The van der Waals surface area contributed by atoms with Crippen LogP contribution in [-0.4, -0.2) is 54.0 Å². The lowest BCUT2D eigenvalue weighted by Crippen LogP contribution is -2.48. The van der Waals surface area contributed by atoms with E-state index in [-0.39, 0.29) is 11.7 Å². The third kappa shape index (κ3) is 5.68. The smallest absolute Gasteiger partial charge is 0.222 e. The molecule has 1 aliphatic rings. The molecule has 0 aliphatic carbocycles. The van der Waals surface area contributed by atoms with E-state index >= 15 is 0 Å². The van der Waals surface area contributed by atoms with Crippen LogP contribution < -0.4 is 4.74 Å². The zero-order valence-electron chi connectivity index (χ0n) is 17.6. The first-order valence-corrected chi connectivity index (χ1v) is 11.3. The first-order chi connectivity index (χ1) is 15.1. The highest BCUT2D eigenvalue weighted by molar-refractivity contribution is 7.09. The maximum Gasteiger partial charge on any atom is 0.222 e. The Labute approximate surface area is 186 Å². The number of nitrogens with zero attached hydrogens (tertiary/aromatic N) is 3. The summed E-state index contributed by atoms with van der Waals surface area (Å²) >= 11 is 1.62. The van der Waals surface area contributed by atoms with Gasteiger partial charge in [0.25, 0.3) is 0 Å². The maximum absolute atomic E-state index is 13.1. The molecule has 3 aromatic rings. The van der Waals surface area contributed by atoms with Crippen molar-refractivity contribution < 1.29 is 13.9 Å². The molecule has 0 spiro atoms. The SMILES string of the molecule is COc1ccc(CCC(=O)N2CCN(Cc3nc(-c4ccc(F)cc4)cs3)CC2)cc1. The Kier molecular flexibility index (Phi) is 6.94. The second kappa shape index (κ2) is 10.0. The molecule has 5 nitrogen and oxygen atoms in total. The fraction of sp³-hybridized carbons (Fsp3) is 0.333. The molecule has 1 fully saturated rings. The molecule has 0 saturated carbocycles. The van der Waals surface area contributed by atoms with Gasteiger partial charge in [-0.05, 0) is 48.4 Å². The fourth-order valence-corrected chi connectivity index (χ4v) is 4.53. The van der Waals surface area contributed by atoms with Crippen molar-refractivity contribution in [3.05, 3.63) is 70.3 Å². The summed E-state index contributed by atoms with van der Waals surface area (Å²) in [5.74, 6) is 0.801. The van der Waals surface area contributed by atoms with Crippen LogP contribution in [0.2, 0.25) is 0 Å². The van der Waals surface area contributed by atoms with Gasteiger partial charge in [-0.3, -0.25) is 9.69 Å². The fourth-order valence-electron chi connectivity index (χ4n) is 3.69.